The van der Waals surface area contributed by atoms with Crippen LogP contribution in [0.25, 0.3) is 0 Å². The molecule has 0 aliphatic rings. The third-order valence-electron chi connectivity index (χ3n) is 1.97. The van der Waals surface area contributed by atoms with Gasteiger partial charge in [0.05, 0.1) is 12.7 Å². The van der Waals surface area contributed by atoms with Crippen LogP contribution in [0, 0.1) is 12.3 Å². The molecule has 0 heterocycles. The molecular formula is C13H16O2. The lowest BCUT2D eigenvalue weighted by Gasteiger charge is -2.07. The van der Waals surface area contributed by atoms with E-state index >= 15 is 0 Å². The van der Waals surface area contributed by atoms with Gasteiger partial charge in [0.15, 0.2) is 0 Å². The average Bonchev–Trinajstić information content (AvgIpc) is 2.20. The number of terminal acetylenes is 1. The summed E-state index contributed by atoms with van der Waals surface area (Å²) in [6.45, 7) is 2.32. The lowest BCUT2D eigenvalue weighted by atomic mass is 10.1. The molecule has 0 fully saturated rings. The van der Waals surface area contributed by atoms with Gasteiger partial charge in [-0.15, -0.1) is 12.3 Å². The summed E-state index contributed by atoms with van der Waals surface area (Å²) in [6.07, 6.45) is 6.10. The maximum atomic E-state index is 9.20. The van der Waals surface area contributed by atoms with E-state index in [1.165, 1.54) is 0 Å². The second-order valence-electron chi connectivity index (χ2n) is 3.50. The van der Waals surface area contributed by atoms with Crippen molar-refractivity contribution >= 4 is 0 Å². The Hall–Kier alpha value is -1.46. The Kier molecular flexibility index (Phi) is 4.73. The maximum absolute atomic E-state index is 9.20. The van der Waals surface area contributed by atoms with Gasteiger partial charge in [0.2, 0.25) is 0 Å². The smallest absolute Gasteiger partial charge is 0.119 e. The van der Waals surface area contributed by atoms with Crippen molar-refractivity contribution in [3.8, 4) is 18.1 Å². The zero-order valence-electron chi connectivity index (χ0n) is 8.94. The van der Waals surface area contributed by atoms with E-state index in [9.17, 15) is 5.11 Å². The van der Waals surface area contributed by atoms with Crippen LogP contribution in [0.1, 0.15) is 18.9 Å². The number of aliphatic hydroxyl groups is 1. The van der Waals surface area contributed by atoms with Crippen molar-refractivity contribution in [3.63, 3.8) is 0 Å². The number of ether oxygens (including phenoxy) is 1. The Labute approximate surface area is 90.9 Å². The molecule has 0 aliphatic carbocycles. The molecular weight excluding hydrogens is 188 g/mol. The minimum atomic E-state index is -0.307. The summed E-state index contributed by atoms with van der Waals surface area (Å²) in [4.78, 5) is 0. The monoisotopic (exact) mass is 204 g/mol. The number of benzene rings is 1. The van der Waals surface area contributed by atoms with Crippen LogP contribution in [0.3, 0.4) is 0 Å². The predicted molar refractivity (Wildman–Crippen MR) is 60.8 cm³/mol. The highest BCUT2D eigenvalue weighted by Crippen LogP contribution is 2.13. The van der Waals surface area contributed by atoms with Crippen molar-refractivity contribution < 1.29 is 9.84 Å². The molecule has 80 valence electrons. The van der Waals surface area contributed by atoms with Crippen molar-refractivity contribution in [1.82, 2.24) is 0 Å². The van der Waals surface area contributed by atoms with Gasteiger partial charge in [-0.25, -0.2) is 0 Å². The Balaban J connectivity index is 2.46. The summed E-state index contributed by atoms with van der Waals surface area (Å²) in [5, 5.41) is 9.20. The fourth-order valence-electron chi connectivity index (χ4n) is 1.29. The molecule has 1 unspecified atom stereocenters. The van der Waals surface area contributed by atoms with E-state index in [0.29, 0.717) is 19.4 Å². The summed E-state index contributed by atoms with van der Waals surface area (Å²) in [5.74, 6) is 3.34. The standard InChI is InChI=1S/C13H16O2/c1-3-4-9-15-13-7-5-12(6-8-13)10-11(2)14/h1,5-8,11,14H,4,9-10H2,2H3. The molecule has 1 aromatic carbocycles. The quantitative estimate of drug-likeness (QED) is 0.587. The first-order valence-corrected chi connectivity index (χ1v) is 5.05. The second-order valence-corrected chi connectivity index (χ2v) is 3.50. The summed E-state index contributed by atoms with van der Waals surface area (Å²) < 4.78 is 5.40. The first-order valence-electron chi connectivity index (χ1n) is 5.05. The van der Waals surface area contributed by atoms with Crippen molar-refractivity contribution in [2.45, 2.75) is 25.9 Å². The van der Waals surface area contributed by atoms with Crippen molar-refractivity contribution in [2.24, 2.45) is 0 Å². The van der Waals surface area contributed by atoms with Crippen molar-refractivity contribution in [2.75, 3.05) is 6.61 Å². The second kappa shape index (κ2) is 6.10. The minimum Gasteiger partial charge on any atom is -0.493 e. The van der Waals surface area contributed by atoms with Gasteiger partial charge in [0.1, 0.15) is 5.75 Å². The van der Waals surface area contributed by atoms with Gasteiger partial charge in [0, 0.05) is 6.42 Å². The van der Waals surface area contributed by atoms with Gasteiger partial charge >= 0.3 is 0 Å². The molecule has 0 spiro atoms. The summed E-state index contributed by atoms with van der Waals surface area (Å²) in [5.41, 5.74) is 1.11. The third kappa shape index (κ3) is 4.53. The van der Waals surface area contributed by atoms with E-state index in [2.05, 4.69) is 5.92 Å². The largest absolute Gasteiger partial charge is 0.493 e. The summed E-state index contributed by atoms with van der Waals surface area (Å²) >= 11 is 0. The van der Waals surface area contributed by atoms with Crippen LogP contribution >= 0.6 is 0 Å². The van der Waals surface area contributed by atoms with Gasteiger partial charge in [-0.2, -0.15) is 0 Å². The van der Waals surface area contributed by atoms with Gasteiger partial charge in [-0.1, -0.05) is 12.1 Å². The zero-order valence-corrected chi connectivity index (χ0v) is 8.94. The van der Waals surface area contributed by atoms with E-state index in [1.54, 1.807) is 6.92 Å². The molecule has 0 bridgehead atoms. The van der Waals surface area contributed by atoms with Crippen molar-refractivity contribution in [3.05, 3.63) is 29.8 Å². The molecule has 0 radical (unpaired) electrons. The minimum absolute atomic E-state index is 0.307. The van der Waals surface area contributed by atoms with Gasteiger partial charge < -0.3 is 9.84 Å². The highest BCUT2D eigenvalue weighted by molar-refractivity contribution is 5.27. The Morgan fingerprint density at radius 3 is 2.60 bits per heavy atom. The number of hydrogen-bond acceptors (Lipinski definition) is 2. The van der Waals surface area contributed by atoms with E-state index in [4.69, 9.17) is 11.2 Å². The fourth-order valence-corrected chi connectivity index (χ4v) is 1.29. The Morgan fingerprint density at radius 2 is 2.07 bits per heavy atom. The number of aliphatic hydroxyl groups excluding tert-OH is 1. The first-order chi connectivity index (χ1) is 7.22. The summed E-state index contributed by atoms with van der Waals surface area (Å²) in [6, 6.07) is 7.71. The van der Waals surface area contributed by atoms with Crippen LogP contribution in [0.2, 0.25) is 0 Å². The molecule has 1 atom stereocenters. The third-order valence-corrected chi connectivity index (χ3v) is 1.97. The molecule has 2 nitrogen and oxygen atoms in total. The molecule has 0 saturated heterocycles. The predicted octanol–water partition coefficient (Wildman–Crippen LogP) is 2.01. The Bertz CT molecular complexity index is 319. The van der Waals surface area contributed by atoms with E-state index in [0.717, 1.165) is 11.3 Å². The molecule has 0 aliphatic heterocycles. The molecule has 1 N–H and O–H groups in total. The molecule has 0 aromatic heterocycles. The molecule has 2 heteroatoms. The van der Waals surface area contributed by atoms with Crippen molar-refractivity contribution in [1.29, 1.82) is 0 Å². The van der Waals surface area contributed by atoms with Gasteiger partial charge in [0.25, 0.3) is 0 Å². The van der Waals surface area contributed by atoms with E-state index in [1.807, 2.05) is 24.3 Å². The molecule has 15 heavy (non-hydrogen) atoms. The van der Waals surface area contributed by atoms with Gasteiger partial charge in [-0.05, 0) is 31.0 Å². The van der Waals surface area contributed by atoms with Crippen LogP contribution in [-0.2, 0) is 6.42 Å². The SMILES string of the molecule is C#CCCOc1ccc(CC(C)O)cc1. The first kappa shape index (κ1) is 11.6. The van der Waals surface area contributed by atoms with Crippen LogP contribution in [0.15, 0.2) is 24.3 Å². The zero-order chi connectivity index (χ0) is 11.1. The topological polar surface area (TPSA) is 29.5 Å². The maximum Gasteiger partial charge on any atom is 0.119 e. The van der Waals surface area contributed by atoms with E-state index in [-0.39, 0.29) is 6.10 Å². The van der Waals surface area contributed by atoms with Crippen LogP contribution in [0.4, 0.5) is 0 Å². The van der Waals surface area contributed by atoms with Crippen LogP contribution in [0.5, 0.6) is 5.75 Å². The fraction of sp³-hybridized carbons (Fsp3) is 0.385. The molecule has 1 aromatic rings. The normalized spacial score (nSPS) is 11.8. The van der Waals surface area contributed by atoms with Gasteiger partial charge in [-0.3, -0.25) is 0 Å². The molecule has 0 saturated carbocycles. The highest BCUT2D eigenvalue weighted by Gasteiger charge is 1.99. The lowest BCUT2D eigenvalue weighted by molar-refractivity contribution is 0.195. The highest BCUT2D eigenvalue weighted by atomic mass is 16.5. The lowest BCUT2D eigenvalue weighted by Crippen LogP contribution is -2.04. The van der Waals surface area contributed by atoms with Crippen LogP contribution < -0.4 is 4.74 Å². The van der Waals surface area contributed by atoms with E-state index < -0.39 is 0 Å². The number of rotatable bonds is 5. The Morgan fingerprint density at radius 1 is 1.40 bits per heavy atom. The van der Waals surface area contributed by atoms with Crippen LogP contribution in [-0.4, -0.2) is 17.8 Å². The molecule has 1 rings (SSSR count). The molecule has 0 amide bonds. The number of hydrogen-bond donors (Lipinski definition) is 1. The summed E-state index contributed by atoms with van der Waals surface area (Å²) in [7, 11) is 0. The average molecular weight is 204 g/mol.